The third kappa shape index (κ3) is 2.58. The summed E-state index contributed by atoms with van der Waals surface area (Å²) in [5.74, 6) is -0.544. The number of nitrogens with one attached hydrogen (secondary N) is 1. The number of imide groups is 1. The van der Waals surface area contributed by atoms with Crippen LogP contribution in [-0.2, 0) is 4.79 Å². The predicted octanol–water partition coefficient (Wildman–Crippen LogP) is 0.313. The molecule has 84 valence electrons. The lowest BCUT2D eigenvalue weighted by Crippen LogP contribution is -2.50. The second kappa shape index (κ2) is 4.63. The summed E-state index contributed by atoms with van der Waals surface area (Å²) in [4.78, 5) is 32.9. The van der Waals surface area contributed by atoms with Crippen LogP contribution in [-0.4, -0.2) is 45.8 Å². The van der Waals surface area contributed by atoms with Crippen LogP contribution in [0.25, 0.3) is 0 Å². The van der Waals surface area contributed by atoms with Crippen molar-refractivity contribution in [2.75, 3.05) is 6.54 Å². The van der Waals surface area contributed by atoms with Gasteiger partial charge in [-0.1, -0.05) is 0 Å². The highest BCUT2D eigenvalue weighted by Crippen LogP contribution is 2.12. The number of nitrogens with zero attached hydrogens (tertiary/aromatic N) is 1. The van der Waals surface area contributed by atoms with Gasteiger partial charge in [0.25, 0.3) is 0 Å². The molecule has 7 nitrogen and oxygen atoms in total. The Bertz CT molecular complexity index is 277. The van der Waals surface area contributed by atoms with Crippen molar-refractivity contribution in [3.8, 4) is 0 Å². The molecule has 0 unspecified atom stereocenters. The molecule has 0 radical (unpaired) electrons. The number of amides is 3. The average molecular weight is 216 g/mol. The molecule has 0 saturated carbocycles. The molecule has 1 rings (SSSR count). The fraction of sp³-hybridized carbons (Fsp3) is 0.625. The first-order chi connectivity index (χ1) is 7.04. The molecule has 0 aromatic carbocycles. The molecule has 3 amide bonds. The highest BCUT2D eigenvalue weighted by molar-refractivity contribution is 5.94. The summed E-state index contributed by atoms with van der Waals surface area (Å²) in [5.41, 5.74) is 0. The smallest absolute Gasteiger partial charge is 0.417 e. The third-order valence-electron chi connectivity index (χ3n) is 2.23. The summed E-state index contributed by atoms with van der Waals surface area (Å²) in [6.45, 7) is 0.461. The summed E-state index contributed by atoms with van der Waals surface area (Å²) in [7, 11) is 0. The van der Waals surface area contributed by atoms with Crippen molar-refractivity contribution in [1.82, 2.24) is 10.2 Å². The quantitative estimate of drug-likeness (QED) is 0.584. The van der Waals surface area contributed by atoms with Gasteiger partial charge in [0.05, 0.1) is 0 Å². The predicted molar refractivity (Wildman–Crippen MR) is 48.5 cm³/mol. The van der Waals surface area contributed by atoms with E-state index in [4.69, 9.17) is 10.2 Å². The van der Waals surface area contributed by atoms with E-state index in [0.29, 0.717) is 13.0 Å². The van der Waals surface area contributed by atoms with Crippen molar-refractivity contribution in [3.63, 3.8) is 0 Å². The SMILES string of the molecule is O=C1NCCCC[C@@H]1N(C(=O)O)C(=O)O. The third-order valence-corrected chi connectivity index (χ3v) is 2.23. The van der Waals surface area contributed by atoms with Crippen LogP contribution in [0.3, 0.4) is 0 Å². The van der Waals surface area contributed by atoms with E-state index in [-0.39, 0.29) is 11.3 Å². The highest BCUT2D eigenvalue weighted by atomic mass is 16.4. The second-order valence-electron chi connectivity index (χ2n) is 3.24. The van der Waals surface area contributed by atoms with Gasteiger partial charge in [-0.3, -0.25) is 4.79 Å². The van der Waals surface area contributed by atoms with Crippen molar-refractivity contribution in [3.05, 3.63) is 0 Å². The number of hydrogen-bond donors (Lipinski definition) is 3. The molecule has 1 aliphatic heterocycles. The molecule has 7 heteroatoms. The van der Waals surface area contributed by atoms with Crippen LogP contribution >= 0.6 is 0 Å². The molecule has 0 aromatic rings. The average Bonchev–Trinajstić information content (AvgIpc) is 2.31. The minimum atomic E-state index is -1.62. The molecule has 1 heterocycles. The fourth-order valence-electron chi connectivity index (χ4n) is 1.52. The Morgan fingerprint density at radius 3 is 2.40 bits per heavy atom. The van der Waals surface area contributed by atoms with E-state index in [1.54, 1.807) is 0 Å². The second-order valence-corrected chi connectivity index (χ2v) is 3.24. The van der Waals surface area contributed by atoms with Gasteiger partial charge in [0.2, 0.25) is 5.91 Å². The molecule has 0 aliphatic carbocycles. The van der Waals surface area contributed by atoms with E-state index in [9.17, 15) is 14.4 Å². The number of carboxylic acid groups (broad SMARTS) is 2. The highest BCUT2D eigenvalue weighted by Gasteiger charge is 2.35. The Balaban J connectivity index is 2.84. The van der Waals surface area contributed by atoms with Crippen LogP contribution in [0.15, 0.2) is 0 Å². The van der Waals surface area contributed by atoms with Gasteiger partial charge in [0.1, 0.15) is 6.04 Å². The van der Waals surface area contributed by atoms with Gasteiger partial charge in [-0.05, 0) is 19.3 Å². The molecule has 1 saturated heterocycles. The van der Waals surface area contributed by atoms with Gasteiger partial charge in [-0.2, -0.15) is 4.90 Å². The van der Waals surface area contributed by atoms with Gasteiger partial charge in [0, 0.05) is 6.54 Å². The van der Waals surface area contributed by atoms with E-state index >= 15 is 0 Å². The molecule has 0 bridgehead atoms. The molecule has 0 spiro atoms. The monoisotopic (exact) mass is 216 g/mol. The molecular weight excluding hydrogens is 204 g/mol. The van der Waals surface area contributed by atoms with Crippen LogP contribution in [0.1, 0.15) is 19.3 Å². The van der Waals surface area contributed by atoms with E-state index < -0.39 is 24.1 Å². The van der Waals surface area contributed by atoms with Crippen molar-refractivity contribution in [1.29, 1.82) is 0 Å². The Morgan fingerprint density at radius 1 is 1.27 bits per heavy atom. The fourth-order valence-corrected chi connectivity index (χ4v) is 1.52. The van der Waals surface area contributed by atoms with Crippen molar-refractivity contribution < 1.29 is 24.6 Å². The van der Waals surface area contributed by atoms with Crippen molar-refractivity contribution >= 4 is 18.1 Å². The molecular formula is C8H12N2O5. The molecule has 1 aliphatic rings. The number of hydrogen-bond acceptors (Lipinski definition) is 3. The topological polar surface area (TPSA) is 107 Å². The summed E-state index contributed by atoms with van der Waals surface area (Å²) >= 11 is 0. The Morgan fingerprint density at radius 2 is 1.87 bits per heavy atom. The van der Waals surface area contributed by atoms with Crippen LogP contribution < -0.4 is 5.32 Å². The van der Waals surface area contributed by atoms with Gasteiger partial charge < -0.3 is 15.5 Å². The Kier molecular flexibility index (Phi) is 3.48. The summed E-state index contributed by atoms with van der Waals surface area (Å²) < 4.78 is 0. The lowest BCUT2D eigenvalue weighted by molar-refractivity contribution is -0.125. The number of rotatable bonds is 1. The van der Waals surface area contributed by atoms with E-state index in [0.717, 1.165) is 6.42 Å². The summed E-state index contributed by atoms with van der Waals surface area (Å²) in [5, 5.41) is 19.8. The van der Waals surface area contributed by atoms with Crippen LogP contribution in [0.5, 0.6) is 0 Å². The maximum absolute atomic E-state index is 11.4. The Hall–Kier alpha value is -1.79. The Labute approximate surface area is 85.7 Å². The molecule has 1 atom stereocenters. The zero-order chi connectivity index (χ0) is 11.4. The van der Waals surface area contributed by atoms with Gasteiger partial charge in [0.15, 0.2) is 0 Å². The molecule has 1 fully saturated rings. The van der Waals surface area contributed by atoms with Gasteiger partial charge in [-0.15, -0.1) is 0 Å². The summed E-state index contributed by atoms with van der Waals surface area (Å²) in [6.07, 6.45) is -1.64. The van der Waals surface area contributed by atoms with E-state index in [1.807, 2.05) is 0 Å². The van der Waals surface area contributed by atoms with Crippen LogP contribution in [0.4, 0.5) is 9.59 Å². The molecule has 15 heavy (non-hydrogen) atoms. The minimum Gasteiger partial charge on any atom is -0.464 e. The lowest BCUT2D eigenvalue weighted by Gasteiger charge is -2.22. The zero-order valence-electron chi connectivity index (χ0n) is 7.97. The van der Waals surface area contributed by atoms with Crippen molar-refractivity contribution in [2.24, 2.45) is 0 Å². The molecule has 0 aromatic heterocycles. The number of carbonyl (C=O) groups is 3. The zero-order valence-corrected chi connectivity index (χ0v) is 7.97. The number of carbonyl (C=O) groups excluding carboxylic acids is 1. The maximum atomic E-state index is 11.4. The standard InChI is InChI=1S/C8H12N2O5/c11-6-5(3-1-2-4-9-6)10(7(12)13)8(14)15/h5H,1-4H2,(H,9,11)(H,12,13)(H,14,15)/t5-/m0/s1. The normalized spacial score (nSPS) is 21.3. The first kappa shape index (κ1) is 11.3. The first-order valence-electron chi connectivity index (χ1n) is 4.57. The first-order valence-corrected chi connectivity index (χ1v) is 4.57. The molecule has 3 N–H and O–H groups in total. The van der Waals surface area contributed by atoms with E-state index in [1.165, 1.54) is 0 Å². The van der Waals surface area contributed by atoms with Gasteiger partial charge in [-0.25, -0.2) is 9.59 Å². The minimum absolute atomic E-state index is 0.153. The van der Waals surface area contributed by atoms with E-state index in [2.05, 4.69) is 5.32 Å². The van der Waals surface area contributed by atoms with Crippen LogP contribution in [0.2, 0.25) is 0 Å². The maximum Gasteiger partial charge on any atom is 0.417 e. The van der Waals surface area contributed by atoms with Gasteiger partial charge >= 0.3 is 12.2 Å². The largest absolute Gasteiger partial charge is 0.464 e. The summed E-state index contributed by atoms with van der Waals surface area (Å²) in [6, 6.07) is -1.12. The van der Waals surface area contributed by atoms with Crippen LogP contribution in [0, 0.1) is 0 Å². The van der Waals surface area contributed by atoms with Crippen molar-refractivity contribution in [2.45, 2.75) is 25.3 Å². The lowest BCUT2D eigenvalue weighted by atomic mass is 10.1.